The fraction of sp³-hybridized carbons (Fsp3) is 0. The number of anilines is 1. The molecule has 0 spiro atoms. The fourth-order valence-electron chi connectivity index (χ4n) is 0.675. The zero-order valence-corrected chi connectivity index (χ0v) is 8.21. The molecule has 0 heterocycles. The first-order valence-electron chi connectivity index (χ1n) is 3.00. The van der Waals surface area contributed by atoms with Crippen LogP contribution < -0.4 is 5.09 Å². The third-order valence-corrected chi connectivity index (χ3v) is 2.13. The normalized spacial score (nSPS) is 11.2. The molecule has 0 fully saturated rings. The second kappa shape index (κ2) is 3.65. The molecular weight excluding hydrogens is 223 g/mol. The van der Waals surface area contributed by atoms with E-state index in [9.17, 15) is 8.96 Å². The van der Waals surface area contributed by atoms with Crippen LogP contribution in [0.15, 0.2) is 24.3 Å². The van der Waals surface area contributed by atoms with Crippen molar-refractivity contribution in [2.75, 3.05) is 5.09 Å². The van der Waals surface area contributed by atoms with Crippen LogP contribution in [-0.2, 0) is 4.57 Å². The van der Waals surface area contributed by atoms with Crippen molar-refractivity contribution in [2.45, 2.75) is 0 Å². The quantitative estimate of drug-likeness (QED) is 0.779. The molecule has 12 heavy (non-hydrogen) atoms. The molecule has 0 aliphatic heterocycles. The molecule has 1 rings (SSSR count). The maximum absolute atomic E-state index is 12.4. The van der Waals surface area contributed by atoms with Crippen LogP contribution in [0.3, 0.4) is 0 Å². The second-order valence-electron chi connectivity index (χ2n) is 2.08. The van der Waals surface area contributed by atoms with Crippen molar-refractivity contribution in [1.29, 1.82) is 0 Å². The van der Waals surface area contributed by atoms with E-state index >= 15 is 0 Å². The van der Waals surface area contributed by atoms with Crippen LogP contribution in [0.2, 0.25) is 0 Å². The van der Waals surface area contributed by atoms with Gasteiger partial charge in [0.2, 0.25) is 0 Å². The number of benzene rings is 1. The highest BCUT2D eigenvalue weighted by atomic mass is 35.9. The van der Waals surface area contributed by atoms with Gasteiger partial charge in [-0.25, -0.2) is 4.39 Å². The van der Waals surface area contributed by atoms with Gasteiger partial charge in [-0.05, 0) is 46.7 Å². The molecule has 0 saturated carbocycles. The van der Waals surface area contributed by atoms with Crippen molar-refractivity contribution in [3.8, 4) is 0 Å². The molecule has 0 aromatic heterocycles. The zero-order chi connectivity index (χ0) is 9.19. The van der Waals surface area contributed by atoms with Crippen LogP contribution in [0.25, 0.3) is 0 Å². The molecule has 0 amide bonds. The van der Waals surface area contributed by atoms with E-state index in [4.69, 9.17) is 22.5 Å². The number of rotatable bonds is 2. The monoisotopic (exact) mass is 227 g/mol. The average Bonchev–Trinajstić information content (AvgIpc) is 1.91. The molecular formula is C6H5Cl2FNOP. The van der Waals surface area contributed by atoms with E-state index in [1.165, 1.54) is 24.3 Å². The van der Waals surface area contributed by atoms with Crippen LogP contribution in [-0.4, -0.2) is 0 Å². The average molecular weight is 228 g/mol. The molecule has 66 valence electrons. The lowest BCUT2D eigenvalue weighted by atomic mass is 10.3. The van der Waals surface area contributed by atoms with Crippen LogP contribution >= 0.6 is 28.5 Å². The highest BCUT2D eigenvalue weighted by Gasteiger charge is 2.12. The van der Waals surface area contributed by atoms with Gasteiger partial charge in [0.15, 0.2) is 0 Å². The highest BCUT2D eigenvalue weighted by molar-refractivity contribution is 8.09. The van der Waals surface area contributed by atoms with Crippen LogP contribution in [0, 0.1) is 5.82 Å². The second-order valence-corrected chi connectivity index (χ2v) is 6.60. The van der Waals surface area contributed by atoms with Gasteiger partial charge in [0.1, 0.15) is 5.82 Å². The number of hydrogen-bond acceptors (Lipinski definition) is 1. The minimum Gasteiger partial charge on any atom is -0.313 e. The molecule has 0 saturated heterocycles. The predicted molar refractivity (Wildman–Crippen MR) is 49.3 cm³/mol. The molecule has 1 N–H and O–H groups in total. The lowest BCUT2D eigenvalue weighted by molar-refractivity contribution is 0.595. The van der Waals surface area contributed by atoms with Crippen LogP contribution in [0.4, 0.5) is 10.1 Å². The first kappa shape index (κ1) is 9.85. The van der Waals surface area contributed by atoms with E-state index in [-0.39, 0.29) is 5.82 Å². The van der Waals surface area contributed by atoms with Gasteiger partial charge in [-0.15, -0.1) is 0 Å². The molecule has 0 unspecified atom stereocenters. The van der Waals surface area contributed by atoms with Gasteiger partial charge in [-0.2, -0.15) is 0 Å². The maximum Gasteiger partial charge on any atom is 0.343 e. The Morgan fingerprint density at radius 1 is 1.25 bits per heavy atom. The zero-order valence-electron chi connectivity index (χ0n) is 5.80. The van der Waals surface area contributed by atoms with Gasteiger partial charge in [0.25, 0.3) is 0 Å². The molecule has 2 nitrogen and oxygen atoms in total. The van der Waals surface area contributed by atoms with Crippen molar-refractivity contribution in [1.82, 2.24) is 0 Å². The maximum atomic E-state index is 12.4. The molecule has 0 aliphatic carbocycles. The standard InChI is InChI=1S/C6H5Cl2FNOP/c7-12(8,11)10-6-3-1-5(9)2-4-6/h1-4H,(H,10,11). The Labute approximate surface area is 78.7 Å². The first-order chi connectivity index (χ1) is 5.47. The molecule has 1 aromatic carbocycles. The highest BCUT2D eigenvalue weighted by Crippen LogP contribution is 2.55. The summed E-state index contributed by atoms with van der Waals surface area (Å²) in [7, 11) is 0. The fourth-order valence-corrected chi connectivity index (χ4v) is 1.71. The summed E-state index contributed by atoms with van der Waals surface area (Å²) in [6, 6.07) is 5.22. The van der Waals surface area contributed by atoms with Gasteiger partial charge < -0.3 is 5.09 Å². The van der Waals surface area contributed by atoms with Crippen molar-refractivity contribution in [3.05, 3.63) is 30.1 Å². The van der Waals surface area contributed by atoms with E-state index in [2.05, 4.69) is 5.09 Å². The van der Waals surface area contributed by atoms with E-state index in [0.717, 1.165) is 0 Å². The Kier molecular flexibility index (Phi) is 2.99. The van der Waals surface area contributed by atoms with Gasteiger partial charge in [-0.1, -0.05) is 0 Å². The summed E-state index contributed by atoms with van der Waals surface area (Å²) in [4.78, 5) is 0. The summed E-state index contributed by atoms with van der Waals surface area (Å²) in [5.41, 5.74) is 0.421. The van der Waals surface area contributed by atoms with E-state index in [0.29, 0.717) is 5.69 Å². The molecule has 0 bridgehead atoms. The van der Waals surface area contributed by atoms with Crippen LogP contribution in [0.5, 0.6) is 0 Å². The SMILES string of the molecule is O=P(Cl)(Cl)Nc1ccc(F)cc1. The Bertz CT molecular complexity index is 310. The molecule has 6 heteroatoms. The molecule has 1 aromatic rings. The van der Waals surface area contributed by atoms with E-state index < -0.39 is 6.00 Å². The smallest absolute Gasteiger partial charge is 0.313 e. The summed E-state index contributed by atoms with van der Waals surface area (Å²) >= 11 is 10.4. The third kappa shape index (κ3) is 3.44. The molecule has 0 radical (unpaired) electrons. The summed E-state index contributed by atoms with van der Waals surface area (Å²) in [6.07, 6.45) is 0. The minimum atomic E-state index is -3.33. The summed E-state index contributed by atoms with van der Waals surface area (Å²) in [5.74, 6) is -3.71. The largest absolute Gasteiger partial charge is 0.343 e. The van der Waals surface area contributed by atoms with E-state index in [1.54, 1.807) is 0 Å². The lowest BCUT2D eigenvalue weighted by Crippen LogP contribution is -1.86. The summed E-state index contributed by atoms with van der Waals surface area (Å²) in [6.45, 7) is 0. The first-order valence-corrected chi connectivity index (χ1v) is 6.52. The Hall–Kier alpha value is -0.240. The van der Waals surface area contributed by atoms with Crippen molar-refractivity contribution < 1.29 is 8.96 Å². The number of halogens is 3. The summed E-state index contributed by atoms with van der Waals surface area (Å²) in [5, 5.41) is 2.33. The topological polar surface area (TPSA) is 29.1 Å². The van der Waals surface area contributed by atoms with Crippen molar-refractivity contribution >= 4 is 34.2 Å². The van der Waals surface area contributed by atoms with Crippen LogP contribution in [0.1, 0.15) is 0 Å². The Morgan fingerprint density at radius 3 is 2.17 bits per heavy atom. The van der Waals surface area contributed by atoms with E-state index in [1.807, 2.05) is 0 Å². The Morgan fingerprint density at radius 2 is 1.75 bits per heavy atom. The lowest BCUT2D eigenvalue weighted by Gasteiger charge is -2.05. The van der Waals surface area contributed by atoms with Crippen molar-refractivity contribution in [2.24, 2.45) is 0 Å². The van der Waals surface area contributed by atoms with Gasteiger partial charge in [-0.3, -0.25) is 4.57 Å². The third-order valence-electron chi connectivity index (χ3n) is 1.10. The van der Waals surface area contributed by atoms with Crippen molar-refractivity contribution in [3.63, 3.8) is 0 Å². The van der Waals surface area contributed by atoms with Gasteiger partial charge >= 0.3 is 6.00 Å². The minimum absolute atomic E-state index is 0.375. The predicted octanol–water partition coefficient (Wildman–Crippen LogP) is 3.82. The Balaban J connectivity index is 2.78. The molecule has 0 atom stereocenters. The van der Waals surface area contributed by atoms with Gasteiger partial charge in [0, 0.05) is 5.69 Å². The van der Waals surface area contributed by atoms with Gasteiger partial charge in [0.05, 0.1) is 0 Å². The number of hydrogen-bond donors (Lipinski definition) is 1. The molecule has 0 aliphatic rings. The summed E-state index contributed by atoms with van der Waals surface area (Å²) < 4.78 is 23.2. The number of nitrogens with one attached hydrogen (secondary N) is 1.